The molecule has 0 N–H and O–H groups in total. The molecular weight excluding hydrogens is 474 g/mol. The van der Waals surface area contributed by atoms with Crippen LogP contribution in [0, 0.1) is 0 Å². The summed E-state index contributed by atoms with van der Waals surface area (Å²) in [5.74, 6) is 2.89. The van der Waals surface area contributed by atoms with Gasteiger partial charge in [-0.3, -0.25) is 9.36 Å². The van der Waals surface area contributed by atoms with Gasteiger partial charge in [-0.15, -0.1) is 10.2 Å². The van der Waals surface area contributed by atoms with E-state index in [0.717, 1.165) is 11.4 Å². The largest absolute Gasteiger partial charge is 0.497 e. The zero-order chi connectivity index (χ0) is 23.9. The fourth-order valence-corrected chi connectivity index (χ4v) is 4.14. The van der Waals surface area contributed by atoms with Gasteiger partial charge in [0.1, 0.15) is 23.9 Å². The summed E-state index contributed by atoms with van der Waals surface area (Å²) in [4.78, 5) is 12.7. The summed E-state index contributed by atoms with van der Waals surface area (Å²) >= 11 is 7.27. The number of benzene rings is 3. The van der Waals surface area contributed by atoms with Gasteiger partial charge in [0.2, 0.25) is 0 Å². The maximum atomic E-state index is 12.7. The van der Waals surface area contributed by atoms with Crippen molar-refractivity contribution in [1.82, 2.24) is 14.8 Å². The van der Waals surface area contributed by atoms with Crippen LogP contribution in [0.5, 0.6) is 17.2 Å². The first-order chi connectivity index (χ1) is 16.6. The van der Waals surface area contributed by atoms with Gasteiger partial charge in [0, 0.05) is 16.3 Å². The number of ether oxygens (including phenoxy) is 3. The number of halogens is 1. The number of hydrogen-bond donors (Lipinski definition) is 0. The van der Waals surface area contributed by atoms with Crippen molar-refractivity contribution in [1.29, 1.82) is 0 Å². The van der Waals surface area contributed by atoms with Crippen LogP contribution in [-0.4, -0.2) is 40.5 Å². The van der Waals surface area contributed by atoms with Crippen LogP contribution >= 0.6 is 23.4 Å². The van der Waals surface area contributed by atoms with Gasteiger partial charge in [-0.2, -0.15) is 0 Å². The van der Waals surface area contributed by atoms with Crippen molar-refractivity contribution in [2.24, 2.45) is 0 Å². The third-order valence-corrected chi connectivity index (χ3v) is 6.14. The molecule has 0 atom stereocenters. The Morgan fingerprint density at radius 1 is 0.853 bits per heavy atom. The average molecular weight is 496 g/mol. The van der Waals surface area contributed by atoms with Crippen molar-refractivity contribution >= 4 is 29.1 Å². The first kappa shape index (κ1) is 23.7. The fraction of sp³-hybridized carbons (Fsp3) is 0.160. The Morgan fingerprint density at radius 3 is 2.06 bits per heavy atom. The van der Waals surface area contributed by atoms with E-state index < -0.39 is 0 Å². The maximum absolute atomic E-state index is 12.7. The molecule has 0 bridgehead atoms. The van der Waals surface area contributed by atoms with Gasteiger partial charge < -0.3 is 14.2 Å². The van der Waals surface area contributed by atoms with Crippen molar-refractivity contribution in [3.8, 4) is 22.9 Å². The lowest BCUT2D eigenvalue weighted by atomic mass is 10.1. The number of rotatable bonds is 10. The van der Waals surface area contributed by atoms with Crippen LogP contribution in [0.4, 0.5) is 0 Å². The topological polar surface area (TPSA) is 75.5 Å². The number of hydrogen-bond acceptors (Lipinski definition) is 7. The summed E-state index contributed by atoms with van der Waals surface area (Å²) in [6.07, 6.45) is 0. The third kappa shape index (κ3) is 5.70. The molecule has 0 saturated carbocycles. The zero-order valence-corrected chi connectivity index (χ0v) is 20.2. The van der Waals surface area contributed by atoms with Gasteiger partial charge in [-0.25, -0.2) is 0 Å². The molecule has 0 aliphatic heterocycles. The first-order valence-electron chi connectivity index (χ1n) is 10.3. The van der Waals surface area contributed by atoms with Gasteiger partial charge >= 0.3 is 0 Å². The number of nitrogens with zero attached hydrogens (tertiary/aromatic N) is 3. The average Bonchev–Trinajstić information content (AvgIpc) is 3.29. The predicted octanol–water partition coefficient (Wildman–Crippen LogP) is 5.49. The highest BCUT2D eigenvalue weighted by Gasteiger charge is 2.17. The summed E-state index contributed by atoms with van der Waals surface area (Å²) in [5, 5.41) is 9.87. The monoisotopic (exact) mass is 495 g/mol. The highest BCUT2D eigenvalue weighted by Crippen LogP contribution is 2.26. The molecular formula is C25H22ClN3O4S. The third-order valence-electron chi connectivity index (χ3n) is 4.96. The van der Waals surface area contributed by atoms with Gasteiger partial charge in [0.25, 0.3) is 0 Å². The number of aromatic nitrogens is 3. The molecule has 3 aromatic carbocycles. The van der Waals surface area contributed by atoms with Crippen LogP contribution in [0.25, 0.3) is 5.69 Å². The second-order valence-electron chi connectivity index (χ2n) is 7.12. The SMILES string of the molecule is COc1ccc(C(=O)CSc2nnc(COc3ccc(Cl)cc3)n2-c2ccc(OC)cc2)cc1. The van der Waals surface area contributed by atoms with Gasteiger partial charge in [-0.05, 0) is 72.8 Å². The van der Waals surface area contributed by atoms with Crippen LogP contribution in [0.3, 0.4) is 0 Å². The number of carbonyl (C=O) groups excluding carboxylic acids is 1. The van der Waals surface area contributed by atoms with E-state index in [1.807, 2.05) is 28.8 Å². The highest BCUT2D eigenvalue weighted by molar-refractivity contribution is 7.99. The summed E-state index contributed by atoms with van der Waals surface area (Å²) in [6, 6.07) is 21.7. The smallest absolute Gasteiger partial charge is 0.196 e. The minimum Gasteiger partial charge on any atom is -0.497 e. The Morgan fingerprint density at radius 2 is 1.44 bits per heavy atom. The summed E-state index contributed by atoms with van der Waals surface area (Å²) in [6.45, 7) is 0.188. The number of Topliss-reactive ketones (excluding diaryl/α,β-unsaturated/α-hetero) is 1. The Bertz CT molecular complexity index is 1240. The molecule has 0 saturated heterocycles. The number of ketones is 1. The van der Waals surface area contributed by atoms with E-state index in [1.54, 1.807) is 62.8 Å². The maximum Gasteiger partial charge on any atom is 0.196 e. The quantitative estimate of drug-likeness (QED) is 0.212. The summed E-state index contributed by atoms with van der Waals surface area (Å²) in [7, 11) is 3.21. The zero-order valence-electron chi connectivity index (χ0n) is 18.6. The summed E-state index contributed by atoms with van der Waals surface area (Å²) in [5.41, 5.74) is 1.44. The number of thioether (sulfide) groups is 1. The van der Waals surface area contributed by atoms with E-state index in [9.17, 15) is 4.79 Å². The Kier molecular flexibility index (Phi) is 7.72. The second-order valence-corrected chi connectivity index (χ2v) is 8.49. The second kappa shape index (κ2) is 11.1. The van der Waals surface area contributed by atoms with Crippen LogP contribution in [0.1, 0.15) is 16.2 Å². The van der Waals surface area contributed by atoms with Crippen LogP contribution in [0.15, 0.2) is 78.0 Å². The lowest BCUT2D eigenvalue weighted by Crippen LogP contribution is -2.08. The molecule has 0 radical (unpaired) electrons. The van der Waals surface area contributed by atoms with E-state index in [-0.39, 0.29) is 18.1 Å². The Balaban J connectivity index is 1.55. The molecule has 0 amide bonds. The van der Waals surface area contributed by atoms with E-state index >= 15 is 0 Å². The van der Waals surface area contributed by atoms with E-state index in [2.05, 4.69) is 10.2 Å². The molecule has 174 valence electrons. The van der Waals surface area contributed by atoms with E-state index in [0.29, 0.717) is 33.1 Å². The molecule has 1 aromatic heterocycles. The molecule has 0 fully saturated rings. The summed E-state index contributed by atoms with van der Waals surface area (Å²) < 4.78 is 18.2. The first-order valence-corrected chi connectivity index (χ1v) is 11.7. The predicted molar refractivity (Wildman–Crippen MR) is 132 cm³/mol. The van der Waals surface area contributed by atoms with Crippen LogP contribution < -0.4 is 14.2 Å². The van der Waals surface area contributed by atoms with Crippen LogP contribution in [-0.2, 0) is 6.61 Å². The van der Waals surface area contributed by atoms with Crippen molar-refractivity contribution in [3.05, 3.63) is 89.2 Å². The molecule has 34 heavy (non-hydrogen) atoms. The van der Waals surface area contributed by atoms with Crippen LogP contribution in [0.2, 0.25) is 5.02 Å². The van der Waals surface area contributed by atoms with Crippen molar-refractivity contribution < 1.29 is 19.0 Å². The molecule has 1 heterocycles. The molecule has 0 aliphatic rings. The molecule has 9 heteroatoms. The lowest BCUT2D eigenvalue weighted by Gasteiger charge is -2.12. The molecule has 0 aliphatic carbocycles. The number of carbonyl (C=O) groups is 1. The van der Waals surface area contributed by atoms with Crippen molar-refractivity contribution in [2.45, 2.75) is 11.8 Å². The molecule has 7 nitrogen and oxygen atoms in total. The van der Waals surface area contributed by atoms with Crippen molar-refractivity contribution in [2.75, 3.05) is 20.0 Å². The van der Waals surface area contributed by atoms with Gasteiger partial charge in [-0.1, -0.05) is 23.4 Å². The minimum atomic E-state index is -0.0177. The fourth-order valence-electron chi connectivity index (χ4n) is 3.15. The Hall–Kier alpha value is -3.49. The van der Waals surface area contributed by atoms with Gasteiger partial charge in [0.05, 0.1) is 20.0 Å². The molecule has 4 aromatic rings. The standard InChI is InChI=1S/C25H22ClN3O4S/c1-31-20-9-3-17(4-10-20)23(30)16-34-25-28-27-24(15-33-22-11-5-18(26)6-12-22)29(25)19-7-13-21(32-2)14-8-19/h3-14H,15-16H2,1-2H3. The highest BCUT2D eigenvalue weighted by atomic mass is 35.5. The van der Waals surface area contributed by atoms with Gasteiger partial charge in [0.15, 0.2) is 16.8 Å². The van der Waals surface area contributed by atoms with E-state index in [4.69, 9.17) is 25.8 Å². The number of methoxy groups -OCH3 is 2. The normalized spacial score (nSPS) is 10.7. The lowest BCUT2D eigenvalue weighted by molar-refractivity contribution is 0.102. The van der Waals surface area contributed by atoms with Crippen molar-refractivity contribution in [3.63, 3.8) is 0 Å². The molecule has 0 spiro atoms. The minimum absolute atomic E-state index is 0.0177. The molecule has 4 rings (SSSR count). The Labute approximate surface area is 206 Å². The van der Waals surface area contributed by atoms with E-state index in [1.165, 1.54) is 11.8 Å². The molecule has 0 unspecified atom stereocenters.